The van der Waals surface area contributed by atoms with Gasteiger partial charge in [0, 0.05) is 24.3 Å². The highest BCUT2D eigenvalue weighted by Gasteiger charge is 2.33. The van der Waals surface area contributed by atoms with Crippen LogP contribution in [0.4, 0.5) is 0 Å². The van der Waals surface area contributed by atoms with E-state index in [0.717, 1.165) is 37.1 Å². The van der Waals surface area contributed by atoms with Crippen LogP contribution in [0.3, 0.4) is 0 Å². The van der Waals surface area contributed by atoms with Crippen molar-refractivity contribution in [3.05, 3.63) is 0 Å². The first kappa shape index (κ1) is 14.4. The lowest BCUT2D eigenvalue weighted by Gasteiger charge is -2.30. The van der Waals surface area contributed by atoms with E-state index in [2.05, 4.69) is 20.8 Å². The number of hydrogen-bond donors (Lipinski definition) is 0. The third-order valence-corrected chi connectivity index (χ3v) is 4.82. The number of hydrogen-bond acceptors (Lipinski definition) is 1. The first-order valence-electron chi connectivity index (χ1n) is 7.66. The summed E-state index contributed by atoms with van der Waals surface area (Å²) in [7, 11) is 0. The Morgan fingerprint density at radius 1 is 1.06 bits per heavy atom. The molecule has 2 fully saturated rings. The highest BCUT2D eigenvalue weighted by molar-refractivity contribution is 9.09. The number of rotatable bonds is 7. The van der Waals surface area contributed by atoms with Crippen molar-refractivity contribution < 1.29 is 4.79 Å². The van der Waals surface area contributed by atoms with Crippen molar-refractivity contribution in [2.45, 2.75) is 70.3 Å². The van der Waals surface area contributed by atoms with Crippen LogP contribution in [-0.4, -0.2) is 28.7 Å². The van der Waals surface area contributed by atoms with E-state index in [1.165, 1.54) is 44.9 Å². The molecule has 2 rings (SSSR count). The molecule has 0 spiro atoms. The molecule has 0 aromatic heterocycles. The molecule has 2 nitrogen and oxygen atoms in total. The van der Waals surface area contributed by atoms with Crippen molar-refractivity contribution >= 4 is 21.8 Å². The maximum atomic E-state index is 12.3. The van der Waals surface area contributed by atoms with Crippen LogP contribution in [0.25, 0.3) is 0 Å². The summed E-state index contributed by atoms with van der Waals surface area (Å²) in [5, 5.41) is 1.02. The number of nitrogens with zero attached hydrogens (tertiary/aromatic N) is 1. The third kappa shape index (κ3) is 4.56. The topological polar surface area (TPSA) is 20.3 Å². The van der Waals surface area contributed by atoms with Gasteiger partial charge in [0.2, 0.25) is 5.91 Å². The normalized spacial score (nSPS) is 20.9. The summed E-state index contributed by atoms with van der Waals surface area (Å²) in [6, 6.07) is 0.600. The van der Waals surface area contributed by atoms with Gasteiger partial charge in [-0.15, -0.1) is 0 Å². The number of carbonyl (C=O) groups excluding carboxylic acids is 1. The van der Waals surface area contributed by atoms with Gasteiger partial charge in [0.1, 0.15) is 0 Å². The van der Waals surface area contributed by atoms with Gasteiger partial charge in [0.15, 0.2) is 0 Å². The van der Waals surface area contributed by atoms with Gasteiger partial charge < -0.3 is 4.90 Å². The highest BCUT2D eigenvalue weighted by Crippen LogP contribution is 2.32. The van der Waals surface area contributed by atoms with Crippen LogP contribution in [0.5, 0.6) is 0 Å². The Labute approximate surface area is 120 Å². The van der Waals surface area contributed by atoms with Crippen molar-refractivity contribution in [1.82, 2.24) is 4.90 Å². The lowest BCUT2D eigenvalue weighted by molar-refractivity contribution is -0.132. The van der Waals surface area contributed by atoms with E-state index >= 15 is 0 Å². The number of amides is 1. The van der Waals surface area contributed by atoms with Gasteiger partial charge >= 0.3 is 0 Å². The molecule has 104 valence electrons. The summed E-state index contributed by atoms with van der Waals surface area (Å²) in [6.45, 7) is 1.05. The van der Waals surface area contributed by atoms with Gasteiger partial charge in [-0.1, -0.05) is 35.2 Å². The molecule has 0 bridgehead atoms. The molecule has 2 aliphatic rings. The quantitative estimate of drug-likeness (QED) is 0.511. The molecule has 0 saturated heterocycles. The Morgan fingerprint density at radius 2 is 1.78 bits per heavy atom. The molecule has 0 aromatic carbocycles. The number of halogens is 1. The summed E-state index contributed by atoms with van der Waals surface area (Å²) >= 11 is 3.43. The molecular formula is C15H26BrNO. The summed E-state index contributed by atoms with van der Waals surface area (Å²) in [5.41, 5.74) is 0. The average Bonchev–Trinajstić information content (AvgIpc) is 3.21. The van der Waals surface area contributed by atoms with Crippen LogP contribution < -0.4 is 0 Å². The van der Waals surface area contributed by atoms with Crippen LogP contribution >= 0.6 is 15.9 Å². The van der Waals surface area contributed by atoms with E-state index in [4.69, 9.17) is 0 Å². The van der Waals surface area contributed by atoms with E-state index < -0.39 is 0 Å². The first-order chi connectivity index (χ1) is 8.81. The van der Waals surface area contributed by atoms with E-state index in [0.29, 0.717) is 11.9 Å². The molecule has 2 saturated carbocycles. The van der Waals surface area contributed by atoms with Crippen LogP contribution in [0.1, 0.15) is 64.2 Å². The molecule has 0 aliphatic heterocycles. The molecule has 0 aromatic rings. The van der Waals surface area contributed by atoms with Crippen molar-refractivity contribution in [2.75, 3.05) is 11.9 Å². The first-order valence-corrected chi connectivity index (χ1v) is 8.79. The fraction of sp³-hybridized carbons (Fsp3) is 0.933. The van der Waals surface area contributed by atoms with E-state index in [1.807, 2.05) is 0 Å². The fourth-order valence-corrected chi connectivity index (χ4v) is 3.40. The predicted octanol–water partition coefficient (Wildman–Crippen LogP) is 4.12. The van der Waals surface area contributed by atoms with Crippen molar-refractivity contribution in [3.8, 4) is 0 Å². The minimum absolute atomic E-state index is 0.420. The number of unbranched alkanes of at least 4 members (excludes halogenated alkanes) is 1. The minimum Gasteiger partial charge on any atom is -0.339 e. The zero-order chi connectivity index (χ0) is 12.8. The van der Waals surface area contributed by atoms with Crippen LogP contribution in [0.2, 0.25) is 0 Å². The molecule has 2 aliphatic carbocycles. The summed E-state index contributed by atoms with van der Waals surface area (Å²) < 4.78 is 0. The molecule has 3 heteroatoms. The summed E-state index contributed by atoms with van der Waals surface area (Å²) in [4.78, 5) is 14.5. The molecule has 0 unspecified atom stereocenters. The monoisotopic (exact) mass is 315 g/mol. The lowest BCUT2D eigenvalue weighted by atomic mass is 9.89. The standard InChI is InChI=1S/C15H26BrNO/c16-11-5-4-8-15(18)17(14-9-10-14)12-13-6-2-1-3-7-13/h13-14H,1-12H2. The van der Waals surface area contributed by atoms with Gasteiger partial charge in [0.05, 0.1) is 0 Å². The number of carbonyl (C=O) groups is 1. The zero-order valence-electron chi connectivity index (χ0n) is 11.4. The highest BCUT2D eigenvalue weighted by atomic mass is 79.9. The lowest BCUT2D eigenvalue weighted by Crippen LogP contribution is -2.37. The van der Waals surface area contributed by atoms with E-state index in [1.54, 1.807) is 0 Å². The average molecular weight is 316 g/mol. The van der Waals surface area contributed by atoms with Crippen LogP contribution in [0, 0.1) is 5.92 Å². The Morgan fingerprint density at radius 3 is 2.39 bits per heavy atom. The second-order valence-corrected chi connectivity index (χ2v) is 6.72. The predicted molar refractivity (Wildman–Crippen MR) is 79.0 cm³/mol. The Hall–Kier alpha value is -0.0500. The molecule has 18 heavy (non-hydrogen) atoms. The fourth-order valence-electron chi connectivity index (χ4n) is 3.00. The molecular weight excluding hydrogens is 290 g/mol. The SMILES string of the molecule is O=C(CCCCBr)N(CC1CCCCC1)C1CC1. The molecule has 0 atom stereocenters. The van der Waals surface area contributed by atoms with Gasteiger partial charge in [0.25, 0.3) is 0 Å². The number of alkyl halides is 1. The second-order valence-electron chi connectivity index (χ2n) is 5.93. The minimum atomic E-state index is 0.420. The van der Waals surface area contributed by atoms with Gasteiger partial charge in [-0.05, 0) is 44.4 Å². The van der Waals surface area contributed by atoms with Crippen molar-refractivity contribution in [2.24, 2.45) is 5.92 Å². The molecule has 0 N–H and O–H groups in total. The third-order valence-electron chi connectivity index (χ3n) is 4.26. The van der Waals surface area contributed by atoms with E-state index in [-0.39, 0.29) is 0 Å². The van der Waals surface area contributed by atoms with Crippen LogP contribution in [0.15, 0.2) is 0 Å². The Balaban J connectivity index is 1.77. The van der Waals surface area contributed by atoms with Crippen molar-refractivity contribution in [3.63, 3.8) is 0 Å². The van der Waals surface area contributed by atoms with Gasteiger partial charge in [-0.25, -0.2) is 0 Å². The molecule has 0 radical (unpaired) electrons. The zero-order valence-corrected chi connectivity index (χ0v) is 13.0. The van der Waals surface area contributed by atoms with E-state index in [9.17, 15) is 4.79 Å². The smallest absolute Gasteiger partial charge is 0.222 e. The maximum Gasteiger partial charge on any atom is 0.222 e. The summed E-state index contributed by atoms with van der Waals surface area (Å²) in [6.07, 6.45) is 12.3. The largest absolute Gasteiger partial charge is 0.339 e. The molecule has 0 heterocycles. The Bertz CT molecular complexity index is 259. The molecule has 1 amide bonds. The van der Waals surface area contributed by atoms with Gasteiger partial charge in [-0.3, -0.25) is 4.79 Å². The second kappa shape index (κ2) is 7.52. The maximum absolute atomic E-state index is 12.3. The Kier molecular flexibility index (Phi) is 6.00. The van der Waals surface area contributed by atoms with Gasteiger partial charge in [-0.2, -0.15) is 0 Å². The summed E-state index contributed by atoms with van der Waals surface area (Å²) in [5.74, 6) is 1.21. The van der Waals surface area contributed by atoms with Crippen LogP contribution in [-0.2, 0) is 4.79 Å². The van der Waals surface area contributed by atoms with Crippen molar-refractivity contribution in [1.29, 1.82) is 0 Å².